The predicted octanol–water partition coefficient (Wildman–Crippen LogP) is 0.396. The lowest BCUT2D eigenvalue weighted by Crippen LogP contribution is -2.40. The van der Waals surface area contributed by atoms with Crippen LogP contribution >= 0.6 is 11.3 Å². The van der Waals surface area contributed by atoms with Crippen LogP contribution in [0.25, 0.3) is 0 Å². The van der Waals surface area contributed by atoms with Gasteiger partial charge in [0.2, 0.25) is 5.91 Å². The zero-order chi connectivity index (χ0) is 15.2. The number of thiophene rings is 1. The Kier molecular flexibility index (Phi) is 6.11. The van der Waals surface area contributed by atoms with E-state index < -0.39 is 21.9 Å². The summed E-state index contributed by atoms with van der Waals surface area (Å²) in [6, 6.07) is 2.72. The Morgan fingerprint density at radius 1 is 1.45 bits per heavy atom. The molecule has 1 heterocycles. The monoisotopic (exact) mass is 320 g/mol. The Bertz CT molecular complexity index is 553. The second kappa shape index (κ2) is 7.36. The van der Waals surface area contributed by atoms with E-state index in [4.69, 9.17) is 5.11 Å². The summed E-state index contributed by atoms with van der Waals surface area (Å²) in [7, 11) is -3.66. The van der Waals surface area contributed by atoms with Crippen LogP contribution in [0.2, 0.25) is 0 Å². The van der Waals surface area contributed by atoms with Gasteiger partial charge in [-0.25, -0.2) is 13.1 Å². The zero-order valence-electron chi connectivity index (χ0n) is 10.8. The van der Waals surface area contributed by atoms with Gasteiger partial charge >= 0.3 is 5.97 Å². The lowest BCUT2D eigenvalue weighted by Gasteiger charge is -2.13. The predicted molar refractivity (Wildman–Crippen MR) is 74.0 cm³/mol. The molecule has 1 amide bonds. The highest BCUT2D eigenvalue weighted by Crippen LogP contribution is 2.14. The Labute approximate surface area is 121 Å². The van der Waals surface area contributed by atoms with Gasteiger partial charge < -0.3 is 10.4 Å². The summed E-state index contributed by atoms with van der Waals surface area (Å²) < 4.78 is 25.8. The van der Waals surface area contributed by atoms with Gasteiger partial charge in [-0.1, -0.05) is 6.07 Å². The van der Waals surface area contributed by atoms with E-state index in [-0.39, 0.29) is 23.2 Å². The van der Waals surface area contributed by atoms with Crippen LogP contribution < -0.4 is 10.0 Å². The van der Waals surface area contributed by atoms with Crippen LogP contribution in [0.1, 0.15) is 19.8 Å². The largest absolute Gasteiger partial charge is 0.481 e. The van der Waals surface area contributed by atoms with Crippen molar-refractivity contribution in [2.75, 3.05) is 6.54 Å². The molecule has 1 aromatic heterocycles. The number of rotatable bonds is 8. The summed E-state index contributed by atoms with van der Waals surface area (Å²) in [5, 5.41) is 12.7. The fourth-order valence-corrected chi connectivity index (χ4v) is 3.41. The van der Waals surface area contributed by atoms with Crippen molar-refractivity contribution in [1.82, 2.24) is 10.0 Å². The molecule has 0 bridgehead atoms. The average Bonchev–Trinajstić information content (AvgIpc) is 2.88. The van der Waals surface area contributed by atoms with Crippen molar-refractivity contribution in [2.24, 2.45) is 0 Å². The summed E-state index contributed by atoms with van der Waals surface area (Å²) in [6.45, 7) is 1.28. The number of nitrogens with one attached hydrogen (secondary N) is 2. The third-order valence-electron chi connectivity index (χ3n) is 2.38. The van der Waals surface area contributed by atoms with Crippen molar-refractivity contribution in [1.29, 1.82) is 0 Å². The Hall–Kier alpha value is -1.45. The number of carbonyl (C=O) groups is 2. The van der Waals surface area contributed by atoms with Crippen LogP contribution in [0.4, 0.5) is 0 Å². The SMILES string of the molecule is CC(CCC(=O)O)NC(=O)CNS(=O)(=O)c1cccs1. The van der Waals surface area contributed by atoms with Gasteiger partial charge in [-0.3, -0.25) is 9.59 Å². The third kappa shape index (κ3) is 5.68. The van der Waals surface area contributed by atoms with Gasteiger partial charge in [-0.2, -0.15) is 0 Å². The van der Waals surface area contributed by atoms with Gasteiger partial charge in [-0.05, 0) is 24.8 Å². The molecule has 112 valence electrons. The number of sulfonamides is 1. The molecule has 0 aliphatic rings. The van der Waals surface area contributed by atoms with Crippen LogP contribution in [0.15, 0.2) is 21.7 Å². The molecule has 20 heavy (non-hydrogen) atoms. The molecular formula is C11H16N2O5S2. The highest BCUT2D eigenvalue weighted by Gasteiger charge is 2.17. The van der Waals surface area contributed by atoms with E-state index in [1.807, 2.05) is 0 Å². The molecule has 0 aromatic carbocycles. The second-order valence-electron chi connectivity index (χ2n) is 4.16. The van der Waals surface area contributed by atoms with Crippen molar-refractivity contribution >= 4 is 33.2 Å². The summed E-state index contributed by atoms with van der Waals surface area (Å²) in [6.07, 6.45) is 0.237. The molecule has 0 aliphatic heterocycles. The molecule has 3 N–H and O–H groups in total. The van der Waals surface area contributed by atoms with Crippen molar-refractivity contribution < 1.29 is 23.1 Å². The van der Waals surface area contributed by atoms with Crippen molar-refractivity contribution in [3.8, 4) is 0 Å². The number of carbonyl (C=O) groups excluding carboxylic acids is 1. The first-order valence-electron chi connectivity index (χ1n) is 5.85. The molecule has 0 spiro atoms. The summed E-state index contributed by atoms with van der Waals surface area (Å²) >= 11 is 1.06. The van der Waals surface area contributed by atoms with E-state index in [2.05, 4.69) is 10.0 Å². The Balaban J connectivity index is 2.38. The van der Waals surface area contributed by atoms with E-state index in [0.717, 1.165) is 11.3 Å². The Morgan fingerprint density at radius 3 is 2.70 bits per heavy atom. The van der Waals surface area contributed by atoms with E-state index in [9.17, 15) is 18.0 Å². The molecule has 7 nitrogen and oxygen atoms in total. The second-order valence-corrected chi connectivity index (χ2v) is 7.10. The lowest BCUT2D eigenvalue weighted by atomic mass is 10.2. The highest BCUT2D eigenvalue weighted by molar-refractivity contribution is 7.91. The van der Waals surface area contributed by atoms with E-state index >= 15 is 0 Å². The molecule has 0 radical (unpaired) electrons. The van der Waals surface area contributed by atoms with Crippen LogP contribution in [-0.4, -0.2) is 38.0 Å². The van der Waals surface area contributed by atoms with Gasteiger partial charge in [0.25, 0.3) is 10.0 Å². The highest BCUT2D eigenvalue weighted by atomic mass is 32.2. The maximum absolute atomic E-state index is 11.7. The number of carboxylic acid groups (broad SMARTS) is 1. The number of aliphatic carboxylic acids is 1. The van der Waals surface area contributed by atoms with E-state index in [1.54, 1.807) is 18.4 Å². The Morgan fingerprint density at radius 2 is 2.15 bits per heavy atom. The van der Waals surface area contributed by atoms with Gasteiger partial charge in [0.15, 0.2) is 0 Å². The quantitative estimate of drug-likeness (QED) is 0.641. The number of hydrogen-bond acceptors (Lipinski definition) is 5. The molecule has 1 aromatic rings. The van der Waals surface area contributed by atoms with Crippen LogP contribution in [-0.2, 0) is 19.6 Å². The molecule has 0 aliphatic carbocycles. The van der Waals surface area contributed by atoms with Gasteiger partial charge in [-0.15, -0.1) is 11.3 Å². The maximum atomic E-state index is 11.7. The number of hydrogen-bond donors (Lipinski definition) is 3. The number of amides is 1. The molecule has 1 unspecified atom stereocenters. The normalized spacial score (nSPS) is 12.8. The maximum Gasteiger partial charge on any atom is 0.303 e. The first-order valence-corrected chi connectivity index (χ1v) is 8.22. The summed E-state index contributed by atoms with van der Waals surface area (Å²) in [4.78, 5) is 21.9. The van der Waals surface area contributed by atoms with Crippen molar-refractivity contribution in [3.05, 3.63) is 17.5 Å². The minimum absolute atomic E-state index is 0.0532. The minimum atomic E-state index is -3.66. The third-order valence-corrected chi connectivity index (χ3v) is 5.18. The molecule has 0 saturated carbocycles. The minimum Gasteiger partial charge on any atom is -0.481 e. The topological polar surface area (TPSA) is 113 Å². The van der Waals surface area contributed by atoms with Gasteiger partial charge in [0, 0.05) is 12.5 Å². The molecular weight excluding hydrogens is 304 g/mol. The fraction of sp³-hybridized carbons (Fsp3) is 0.455. The molecule has 0 fully saturated rings. The number of carboxylic acids is 1. The summed E-state index contributed by atoms with van der Waals surface area (Å²) in [5.74, 6) is -1.44. The lowest BCUT2D eigenvalue weighted by molar-refractivity contribution is -0.137. The summed E-state index contributed by atoms with van der Waals surface area (Å²) in [5.41, 5.74) is 0. The van der Waals surface area contributed by atoms with Crippen LogP contribution in [0.5, 0.6) is 0 Å². The average molecular weight is 320 g/mol. The van der Waals surface area contributed by atoms with Crippen molar-refractivity contribution in [2.45, 2.75) is 30.0 Å². The van der Waals surface area contributed by atoms with Gasteiger partial charge in [0.1, 0.15) is 4.21 Å². The molecule has 0 saturated heterocycles. The van der Waals surface area contributed by atoms with E-state index in [0.29, 0.717) is 6.42 Å². The standard InChI is InChI=1S/C11H16N2O5S2/c1-8(4-5-10(15)16)13-9(14)7-12-20(17,18)11-3-2-6-19-11/h2-3,6,8,12H,4-5,7H2,1H3,(H,13,14)(H,15,16). The van der Waals surface area contributed by atoms with Crippen molar-refractivity contribution in [3.63, 3.8) is 0 Å². The smallest absolute Gasteiger partial charge is 0.303 e. The van der Waals surface area contributed by atoms with E-state index in [1.165, 1.54) is 6.07 Å². The molecule has 1 rings (SSSR count). The molecule has 1 atom stereocenters. The molecule has 9 heteroatoms. The van der Waals surface area contributed by atoms with Crippen LogP contribution in [0.3, 0.4) is 0 Å². The van der Waals surface area contributed by atoms with Gasteiger partial charge in [0.05, 0.1) is 6.54 Å². The first kappa shape index (κ1) is 16.6. The zero-order valence-corrected chi connectivity index (χ0v) is 12.5. The first-order chi connectivity index (χ1) is 9.31. The fourth-order valence-electron chi connectivity index (χ4n) is 1.39. The van der Waals surface area contributed by atoms with Crippen LogP contribution in [0, 0.1) is 0 Å².